The lowest BCUT2D eigenvalue weighted by molar-refractivity contribution is -0.137. The van der Waals surface area contributed by atoms with Crippen molar-refractivity contribution in [2.24, 2.45) is 0 Å². The number of hydrogen-bond donors (Lipinski definition) is 1. The van der Waals surface area contributed by atoms with Gasteiger partial charge in [-0.15, -0.1) is 0 Å². The molecule has 0 spiro atoms. The van der Waals surface area contributed by atoms with Crippen molar-refractivity contribution in [2.75, 3.05) is 24.5 Å². The van der Waals surface area contributed by atoms with Gasteiger partial charge in [-0.25, -0.2) is 4.98 Å². The van der Waals surface area contributed by atoms with E-state index in [1.54, 1.807) is 21.6 Å². The number of thiocarbonyl (C=S) groups is 1. The molecule has 1 aliphatic rings. The van der Waals surface area contributed by atoms with Crippen LogP contribution in [-0.4, -0.2) is 55.2 Å². The van der Waals surface area contributed by atoms with Crippen molar-refractivity contribution >= 4 is 57.7 Å². The number of pyridine rings is 1. The van der Waals surface area contributed by atoms with Crippen LogP contribution in [0.25, 0.3) is 11.7 Å². The molecule has 2 aromatic rings. The zero-order valence-corrected chi connectivity index (χ0v) is 25.6. The fraction of sp³-hybridized carbons (Fsp3) is 0.567. The van der Waals surface area contributed by atoms with Crippen LogP contribution < -0.4 is 10.5 Å². The standard InChI is InChI=1S/C30H42N4O4S2/c1-4-17-32(18-5-2)27-23(28(37)33-20-14-15-22(3)26(33)31-27)21-24-29(38)34(30(39)40-24)19-13-11-9-7-6-8-10-12-16-25(35)36/h14-15,20-21H,4-13,16-19H2,1-3H3,(H,35,36). The average molecular weight is 587 g/mol. The molecular weight excluding hydrogens is 544 g/mol. The molecule has 0 aromatic carbocycles. The summed E-state index contributed by atoms with van der Waals surface area (Å²) in [7, 11) is 0. The lowest BCUT2D eigenvalue weighted by Crippen LogP contribution is -2.31. The van der Waals surface area contributed by atoms with Crippen LogP contribution in [0.4, 0.5) is 5.82 Å². The second-order valence-electron chi connectivity index (χ2n) is 10.3. The number of carbonyl (C=O) groups excluding carboxylic acids is 1. The number of carboxylic acids is 1. The van der Waals surface area contributed by atoms with E-state index in [0.717, 1.165) is 82.9 Å². The first-order valence-corrected chi connectivity index (χ1v) is 15.7. The molecule has 1 amide bonds. The minimum absolute atomic E-state index is 0.148. The number of carboxylic acid groups (broad SMARTS) is 1. The van der Waals surface area contributed by atoms with E-state index < -0.39 is 5.97 Å². The number of nitrogens with zero attached hydrogens (tertiary/aromatic N) is 4. The predicted octanol–water partition coefficient (Wildman–Crippen LogP) is 6.43. The Morgan fingerprint density at radius 1 is 1.05 bits per heavy atom. The SMILES string of the molecule is CCCN(CCC)c1nc2c(C)cccn2c(=O)c1C=C1SC(=S)N(CCCCCCCCCCC(=O)O)C1=O. The molecule has 3 rings (SSSR count). The smallest absolute Gasteiger partial charge is 0.303 e. The van der Waals surface area contributed by atoms with Crippen molar-refractivity contribution in [1.82, 2.24) is 14.3 Å². The largest absolute Gasteiger partial charge is 0.481 e. The lowest BCUT2D eigenvalue weighted by atomic mass is 10.1. The van der Waals surface area contributed by atoms with E-state index in [1.165, 1.54) is 11.8 Å². The van der Waals surface area contributed by atoms with Crippen LogP contribution in [0.15, 0.2) is 28.0 Å². The van der Waals surface area contributed by atoms with Crippen molar-refractivity contribution in [3.05, 3.63) is 44.7 Å². The van der Waals surface area contributed by atoms with Crippen LogP contribution in [0.2, 0.25) is 0 Å². The molecule has 1 saturated heterocycles. The van der Waals surface area contributed by atoms with Crippen molar-refractivity contribution in [3.8, 4) is 0 Å². The van der Waals surface area contributed by atoms with Gasteiger partial charge in [-0.05, 0) is 50.3 Å². The van der Waals surface area contributed by atoms with E-state index in [2.05, 4.69) is 18.7 Å². The molecule has 0 atom stereocenters. The number of anilines is 1. The van der Waals surface area contributed by atoms with Crippen molar-refractivity contribution in [3.63, 3.8) is 0 Å². The number of rotatable bonds is 17. The fourth-order valence-corrected chi connectivity index (χ4v) is 6.25. The van der Waals surface area contributed by atoms with E-state index in [9.17, 15) is 14.4 Å². The maximum absolute atomic E-state index is 13.7. The molecule has 1 fully saturated rings. The maximum Gasteiger partial charge on any atom is 0.303 e. The van der Waals surface area contributed by atoms with Gasteiger partial charge in [0.1, 0.15) is 15.8 Å². The zero-order chi connectivity index (χ0) is 29.1. The molecule has 0 radical (unpaired) electrons. The van der Waals surface area contributed by atoms with Crippen LogP contribution in [0.1, 0.15) is 95.6 Å². The van der Waals surface area contributed by atoms with Gasteiger partial charge < -0.3 is 10.0 Å². The van der Waals surface area contributed by atoms with E-state index in [0.29, 0.717) is 32.8 Å². The average Bonchev–Trinajstić information content (AvgIpc) is 3.18. The zero-order valence-electron chi connectivity index (χ0n) is 24.0. The number of aromatic nitrogens is 2. The number of fused-ring (bicyclic) bond motifs is 1. The van der Waals surface area contributed by atoms with Crippen molar-refractivity contribution in [1.29, 1.82) is 0 Å². The highest BCUT2D eigenvalue weighted by Gasteiger charge is 2.32. The molecule has 8 nitrogen and oxygen atoms in total. The summed E-state index contributed by atoms with van der Waals surface area (Å²) in [6, 6.07) is 3.78. The molecule has 10 heteroatoms. The number of unbranched alkanes of at least 4 members (excludes halogenated alkanes) is 7. The second-order valence-corrected chi connectivity index (χ2v) is 12.0. The van der Waals surface area contributed by atoms with Gasteiger partial charge in [0.2, 0.25) is 0 Å². The van der Waals surface area contributed by atoms with Crippen LogP contribution >= 0.6 is 24.0 Å². The highest BCUT2D eigenvalue weighted by molar-refractivity contribution is 8.26. The quantitative estimate of drug-likeness (QED) is 0.129. The molecule has 40 heavy (non-hydrogen) atoms. The summed E-state index contributed by atoms with van der Waals surface area (Å²) < 4.78 is 2.09. The number of aryl methyl sites for hydroxylation is 1. The Balaban J connectivity index is 1.70. The monoisotopic (exact) mass is 586 g/mol. The van der Waals surface area contributed by atoms with Crippen LogP contribution in [0.3, 0.4) is 0 Å². The first-order valence-electron chi connectivity index (χ1n) is 14.5. The Bertz CT molecular complexity index is 1280. The minimum Gasteiger partial charge on any atom is -0.481 e. The summed E-state index contributed by atoms with van der Waals surface area (Å²) in [5.41, 5.74) is 1.79. The lowest BCUT2D eigenvalue weighted by Gasteiger charge is -2.25. The Labute approximate surface area is 246 Å². The first kappa shape index (κ1) is 31.8. The minimum atomic E-state index is -0.725. The van der Waals surface area contributed by atoms with E-state index >= 15 is 0 Å². The third kappa shape index (κ3) is 8.39. The third-order valence-corrected chi connectivity index (χ3v) is 8.40. The molecule has 0 aliphatic carbocycles. The third-order valence-electron chi connectivity index (χ3n) is 7.02. The number of aliphatic carboxylic acids is 1. The van der Waals surface area contributed by atoms with Gasteiger partial charge >= 0.3 is 5.97 Å². The number of carbonyl (C=O) groups is 2. The van der Waals surface area contributed by atoms with E-state index in [4.69, 9.17) is 22.3 Å². The Hall–Kier alpha value is -2.72. The summed E-state index contributed by atoms with van der Waals surface area (Å²) in [5.74, 6) is -0.251. The van der Waals surface area contributed by atoms with Crippen LogP contribution in [0.5, 0.6) is 0 Å². The molecule has 0 unspecified atom stereocenters. The summed E-state index contributed by atoms with van der Waals surface area (Å²) in [6.07, 6.45) is 13.4. The van der Waals surface area contributed by atoms with Crippen LogP contribution in [0, 0.1) is 6.92 Å². The van der Waals surface area contributed by atoms with Crippen molar-refractivity contribution < 1.29 is 14.7 Å². The molecule has 0 bridgehead atoms. The summed E-state index contributed by atoms with van der Waals surface area (Å²) in [4.78, 5) is 46.9. The van der Waals surface area contributed by atoms with Crippen molar-refractivity contribution in [2.45, 2.75) is 91.4 Å². The number of hydrogen-bond acceptors (Lipinski definition) is 7. The number of thioether (sulfide) groups is 1. The van der Waals surface area contributed by atoms with Crippen LogP contribution in [-0.2, 0) is 9.59 Å². The normalized spacial score (nSPS) is 14.6. The van der Waals surface area contributed by atoms with E-state index in [-0.39, 0.29) is 17.9 Å². The highest BCUT2D eigenvalue weighted by atomic mass is 32.2. The Morgan fingerprint density at radius 3 is 2.30 bits per heavy atom. The van der Waals surface area contributed by atoms with Gasteiger partial charge in [0.15, 0.2) is 0 Å². The second kappa shape index (κ2) is 15.9. The Kier molecular flexibility index (Phi) is 12.6. The first-order chi connectivity index (χ1) is 19.3. The van der Waals surface area contributed by atoms with Gasteiger partial charge in [-0.1, -0.05) is 82.4 Å². The molecule has 0 saturated carbocycles. The van der Waals surface area contributed by atoms with Gasteiger partial charge in [-0.2, -0.15) is 0 Å². The molecule has 3 heterocycles. The topological polar surface area (TPSA) is 95.2 Å². The van der Waals surface area contributed by atoms with Gasteiger partial charge in [0, 0.05) is 32.3 Å². The molecule has 218 valence electrons. The summed E-state index contributed by atoms with van der Waals surface area (Å²) in [6.45, 7) is 8.27. The van der Waals surface area contributed by atoms with Gasteiger partial charge in [0.25, 0.3) is 11.5 Å². The van der Waals surface area contributed by atoms with Gasteiger partial charge in [0.05, 0.1) is 10.5 Å². The maximum atomic E-state index is 13.7. The fourth-order valence-electron chi connectivity index (χ4n) is 4.96. The molecule has 1 aliphatic heterocycles. The molecular formula is C30H42N4O4S2. The predicted molar refractivity (Wildman–Crippen MR) is 168 cm³/mol. The Morgan fingerprint density at radius 2 is 1.68 bits per heavy atom. The van der Waals surface area contributed by atoms with Gasteiger partial charge in [-0.3, -0.25) is 23.7 Å². The summed E-state index contributed by atoms with van der Waals surface area (Å²) in [5, 5.41) is 8.70. The number of amides is 1. The molecule has 2 aromatic heterocycles. The highest BCUT2D eigenvalue weighted by Crippen LogP contribution is 2.34. The van der Waals surface area contributed by atoms with E-state index in [1.807, 2.05) is 19.1 Å². The molecule has 1 N–H and O–H groups in total. The summed E-state index contributed by atoms with van der Waals surface area (Å²) >= 11 is 6.82.